The van der Waals surface area contributed by atoms with Gasteiger partial charge in [-0.15, -0.1) is 0 Å². The number of fused-ring (bicyclic) bond motifs is 3. The van der Waals surface area contributed by atoms with E-state index in [4.69, 9.17) is 13.9 Å². The summed E-state index contributed by atoms with van der Waals surface area (Å²) < 4.78 is 17.5. The fourth-order valence-corrected chi connectivity index (χ4v) is 3.99. The molecule has 5 rings (SSSR count). The molecular weight excluding hydrogens is 388 g/mol. The monoisotopic (exact) mass is 408 g/mol. The van der Waals surface area contributed by atoms with Gasteiger partial charge in [-0.3, -0.25) is 4.79 Å². The van der Waals surface area contributed by atoms with Crippen LogP contribution in [-0.2, 0) is 0 Å². The molecular formula is C27H20O4. The Hall–Kier alpha value is -4.05. The SMILES string of the molecule is C=C1C=C(C)c2ccc3oc(C(=O)c4cccc(OC)c4)c(-c4ccccc4)c3c2O1. The van der Waals surface area contributed by atoms with E-state index in [0.717, 1.165) is 22.1 Å². The number of benzene rings is 3. The Morgan fingerprint density at radius 3 is 2.58 bits per heavy atom. The first kappa shape index (κ1) is 18.9. The van der Waals surface area contributed by atoms with E-state index in [-0.39, 0.29) is 11.5 Å². The van der Waals surface area contributed by atoms with Gasteiger partial charge in [0, 0.05) is 16.7 Å². The quantitative estimate of drug-likeness (QED) is 0.355. The number of ketones is 1. The Balaban J connectivity index is 1.82. The van der Waals surface area contributed by atoms with Crippen LogP contribution in [-0.4, -0.2) is 12.9 Å². The third kappa shape index (κ3) is 3.13. The molecule has 31 heavy (non-hydrogen) atoms. The molecule has 0 bridgehead atoms. The number of methoxy groups -OCH3 is 1. The minimum absolute atomic E-state index is 0.218. The van der Waals surface area contributed by atoms with Gasteiger partial charge >= 0.3 is 0 Å². The molecule has 4 heteroatoms. The molecule has 2 heterocycles. The Kier molecular flexibility index (Phi) is 4.48. The summed E-state index contributed by atoms with van der Waals surface area (Å²) in [4.78, 5) is 13.6. The molecule has 1 aliphatic rings. The van der Waals surface area contributed by atoms with Crippen LogP contribution >= 0.6 is 0 Å². The van der Waals surface area contributed by atoms with E-state index < -0.39 is 0 Å². The Labute approximate surface area is 180 Å². The zero-order chi connectivity index (χ0) is 21.5. The van der Waals surface area contributed by atoms with Crippen LogP contribution in [0.25, 0.3) is 27.7 Å². The lowest BCUT2D eigenvalue weighted by atomic mass is 9.94. The molecule has 0 spiro atoms. The number of allylic oxidation sites excluding steroid dienone is 2. The highest BCUT2D eigenvalue weighted by Crippen LogP contribution is 2.46. The molecule has 0 radical (unpaired) electrons. The third-order valence-corrected chi connectivity index (χ3v) is 5.44. The normalized spacial score (nSPS) is 12.8. The molecule has 0 amide bonds. The van der Waals surface area contributed by atoms with Gasteiger partial charge in [0.25, 0.3) is 0 Å². The van der Waals surface area contributed by atoms with E-state index in [2.05, 4.69) is 6.58 Å². The van der Waals surface area contributed by atoms with E-state index in [1.807, 2.05) is 55.5 Å². The Bertz CT molecular complexity index is 1370. The van der Waals surface area contributed by atoms with Crippen LogP contribution in [0.15, 0.2) is 89.6 Å². The molecule has 4 nitrogen and oxygen atoms in total. The second kappa shape index (κ2) is 7.33. The van der Waals surface area contributed by atoms with Crippen LogP contribution in [0.2, 0.25) is 0 Å². The molecule has 152 valence electrons. The van der Waals surface area contributed by atoms with Gasteiger partial charge < -0.3 is 13.9 Å². The molecule has 0 unspecified atom stereocenters. The van der Waals surface area contributed by atoms with Crippen LogP contribution in [0.3, 0.4) is 0 Å². The average Bonchev–Trinajstić information content (AvgIpc) is 3.19. The summed E-state index contributed by atoms with van der Waals surface area (Å²) in [6.07, 6.45) is 1.90. The lowest BCUT2D eigenvalue weighted by molar-refractivity contribution is 0.101. The Morgan fingerprint density at radius 2 is 1.81 bits per heavy atom. The van der Waals surface area contributed by atoms with Gasteiger partial charge in [0.15, 0.2) is 5.76 Å². The third-order valence-electron chi connectivity index (χ3n) is 5.44. The number of ether oxygens (including phenoxy) is 2. The van der Waals surface area contributed by atoms with E-state index in [0.29, 0.717) is 34.0 Å². The van der Waals surface area contributed by atoms with Gasteiger partial charge in [-0.05, 0) is 48.4 Å². The van der Waals surface area contributed by atoms with Crippen LogP contribution in [0.4, 0.5) is 0 Å². The molecule has 1 aliphatic heterocycles. The lowest BCUT2D eigenvalue weighted by Crippen LogP contribution is -2.03. The van der Waals surface area contributed by atoms with Crippen LogP contribution in [0.5, 0.6) is 11.5 Å². The maximum absolute atomic E-state index is 13.6. The number of carbonyl (C=O) groups excluding carboxylic acids is 1. The van der Waals surface area contributed by atoms with E-state index >= 15 is 0 Å². The summed E-state index contributed by atoms with van der Waals surface area (Å²) in [6, 6.07) is 20.7. The summed E-state index contributed by atoms with van der Waals surface area (Å²) in [7, 11) is 1.58. The standard InChI is InChI=1S/C27H20O4/c1-16-14-17(2)30-26-21(16)12-13-22-24(26)23(18-8-5-4-6-9-18)27(31-22)25(28)19-10-7-11-20(15-19)29-3/h4-15H,2H2,1,3H3. The highest BCUT2D eigenvalue weighted by atomic mass is 16.5. The predicted molar refractivity (Wildman–Crippen MR) is 121 cm³/mol. The van der Waals surface area contributed by atoms with Crippen LogP contribution < -0.4 is 9.47 Å². The number of hydrogen-bond acceptors (Lipinski definition) is 4. The van der Waals surface area contributed by atoms with Crippen molar-refractivity contribution in [1.82, 2.24) is 0 Å². The number of furan rings is 1. The second-order valence-corrected chi connectivity index (χ2v) is 7.44. The minimum Gasteiger partial charge on any atom is -0.497 e. The zero-order valence-corrected chi connectivity index (χ0v) is 17.3. The van der Waals surface area contributed by atoms with Crippen molar-refractivity contribution >= 4 is 22.3 Å². The first-order valence-electron chi connectivity index (χ1n) is 9.96. The molecule has 4 aromatic rings. The van der Waals surface area contributed by atoms with Gasteiger partial charge in [-0.1, -0.05) is 49.0 Å². The summed E-state index contributed by atoms with van der Waals surface area (Å²) in [6.45, 7) is 5.99. The lowest BCUT2D eigenvalue weighted by Gasteiger charge is -2.18. The minimum atomic E-state index is -0.218. The van der Waals surface area contributed by atoms with Crippen LogP contribution in [0.1, 0.15) is 28.6 Å². The van der Waals surface area contributed by atoms with E-state index in [1.165, 1.54) is 0 Å². The fourth-order valence-electron chi connectivity index (χ4n) is 3.99. The number of rotatable bonds is 4. The average molecular weight is 408 g/mol. The van der Waals surface area contributed by atoms with Crippen molar-refractivity contribution in [3.8, 4) is 22.6 Å². The van der Waals surface area contributed by atoms with Crippen molar-refractivity contribution in [2.24, 2.45) is 0 Å². The summed E-state index contributed by atoms with van der Waals surface area (Å²) in [5, 5.41) is 0.767. The highest BCUT2D eigenvalue weighted by Gasteiger charge is 2.28. The first-order valence-corrected chi connectivity index (χ1v) is 9.96. The van der Waals surface area contributed by atoms with Gasteiger partial charge in [0.05, 0.1) is 12.5 Å². The molecule has 3 aromatic carbocycles. The summed E-state index contributed by atoms with van der Waals surface area (Å²) in [5.74, 6) is 1.88. The van der Waals surface area contributed by atoms with Gasteiger partial charge in [-0.2, -0.15) is 0 Å². The number of carbonyl (C=O) groups is 1. The summed E-state index contributed by atoms with van der Waals surface area (Å²) in [5.41, 5.74) is 4.68. The van der Waals surface area contributed by atoms with Crippen LogP contribution in [0, 0.1) is 0 Å². The molecule has 1 aromatic heterocycles. The van der Waals surface area contributed by atoms with E-state index in [1.54, 1.807) is 31.4 Å². The fraction of sp³-hybridized carbons (Fsp3) is 0.0741. The molecule has 0 N–H and O–H groups in total. The van der Waals surface area contributed by atoms with Crippen molar-refractivity contribution in [3.05, 3.63) is 102 Å². The van der Waals surface area contributed by atoms with Crippen molar-refractivity contribution < 1.29 is 18.7 Å². The summed E-state index contributed by atoms with van der Waals surface area (Å²) >= 11 is 0. The van der Waals surface area contributed by atoms with Gasteiger partial charge in [0.2, 0.25) is 5.78 Å². The largest absolute Gasteiger partial charge is 0.497 e. The Morgan fingerprint density at radius 1 is 1.00 bits per heavy atom. The first-order chi connectivity index (χ1) is 15.1. The zero-order valence-electron chi connectivity index (χ0n) is 17.3. The van der Waals surface area contributed by atoms with Crippen molar-refractivity contribution in [1.29, 1.82) is 0 Å². The molecule has 0 fully saturated rings. The van der Waals surface area contributed by atoms with Crippen molar-refractivity contribution in [2.45, 2.75) is 6.92 Å². The molecule has 0 saturated carbocycles. The van der Waals surface area contributed by atoms with E-state index in [9.17, 15) is 4.79 Å². The second-order valence-electron chi connectivity index (χ2n) is 7.44. The smallest absolute Gasteiger partial charge is 0.229 e. The maximum Gasteiger partial charge on any atom is 0.229 e. The highest BCUT2D eigenvalue weighted by molar-refractivity contribution is 6.17. The number of hydrogen-bond donors (Lipinski definition) is 0. The van der Waals surface area contributed by atoms with Gasteiger partial charge in [-0.25, -0.2) is 0 Å². The molecule has 0 aliphatic carbocycles. The van der Waals surface area contributed by atoms with Crippen molar-refractivity contribution in [3.63, 3.8) is 0 Å². The van der Waals surface area contributed by atoms with Crippen molar-refractivity contribution in [2.75, 3.05) is 7.11 Å². The maximum atomic E-state index is 13.6. The predicted octanol–water partition coefficient (Wildman–Crippen LogP) is 6.65. The topological polar surface area (TPSA) is 48.7 Å². The molecule has 0 saturated heterocycles. The van der Waals surface area contributed by atoms with Gasteiger partial charge in [0.1, 0.15) is 22.8 Å². The molecule has 0 atom stereocenters.